The Bertz CT molecular complexity index is 788. The highest BCUT2D eigenvalue weighted by Crippen LogP contribution is 2.25. The number of hydrogen-bond acceptors (Lipinski definition) is 2. The van der Waals surface area contributed by atoms with E-state index >= 15 is 0 Å². The molecule has 126 valence electrons. The first-order chi connectivity index (χ1) is 11.2. The standard InChI is InChI=1S/C18H18Cl2N2O2/c1-11-7-8-14(10-15(11)20)22-17(24)18(2,3)16(23)21-13-6-4-5-12(19)9-13/h4-10H,1-3H3,(H,21,23)(H,22,24). The molecular formula is C18H18Cl2N2O2. The van der Waals surface area contributed by atoms with Crippen LogP contribution in [0.5, 0.6) is 0 Å². The lowest BCUT2D eigenvalue weighted by Gasteiger charge is -2.23. The lowest BCUT2D eigenvalue weighted by molar-refractivity contribution is -0.135. The maximum atomic E-state index is 12.5. The Morgan fingerprint density at radius 1 is 0.917 bits per heavy atom. The summed E-state index contributed by atoms with van der Waals surface area (Å²) in [6.45, 7) is 4.98. The lowest BCUT2D eigenvalue weighted by Crippen LogP contribution is -2.41. The fraction of sp³-hybridized carbons (Fsp3) is 0.222. The van der Waals surface area contributed by atoms with Crippen molar-refractivity contribution in [2.24, 2.45) is 5.41 Å². The van der Waals surface area contributed by atoms with Gasteiger partial charge in [-0.05, 0) is 56.7 Å². The molecule has 6 heteroatoms. The van der Waals surface area contributed by atoms with E-state index in [0.29, 0.717) is 21.4 Å². The molecule has 2 aromatic carbocycles. The predicted octanol–water partition coefficient (Wildman–Crippen LogP) is 4.91. The molecule has 0 aromatic heterocycles. The van der Waals surface area contributed by atoms with Gasteiger partial charge in [0.05, 0.1) is 0 Å². The fourth-order valence-corrected chi connectivity index (χ4v) is 2.29. The van der Waals surface area contributed by atoms with Crippen LogP contribution in [0.25, 0.3) is 0 Å². The van der Waals surface area contributed by atoms with E-state index in [9.17, 15) is 9.59 Å². The molecule has 0 radical (unpaired) electrons. The highest BCUT2D eigenvalue weighted by Gasteiger charge is 2.36. The van der Waals surface area contributed by atoms with Crippen molar-refractivity contribution >= 4 is 46.4 Å². The second-order valence-corrected chi connectivity index (χ2v) is 6.85. The summed E-state index contributed by atoms with van der Waals surface area (Å²) < 4.78 is 0. The molecule has 0 fully saturated rings. The van der Waals surface area contributed by atoms with Crippen molar-refractivity contribution in [2.75, 3.05) is 10.6 Å². The number of rotatable bonds is 4. The largest absolute Gasteiger partial charge is 0.325 e. The summed E-state index contributed by atoms with van der Waals surface area (Å²) in [6, 6.07) is 11.9. The maximum Gasteiger partial charge on any atom is 0.239 e. The Morgan fingerprint density at radius 3 is 2.04 bits per heavy atom. The number of anilines is 2. The van der Waals surface area contributed by atoms with Gasteiger partial charge in [-0.3, -0.25) is 9.59 Å². The minimum absolute atomic E-state index is 0.429. The average molecular weight is 365 g/mol. The van der Waals surface area contributed by atoms with E-state index in [0.717, 1.165) is 5.56 Å². The number of nitrogens with one attached hydrogen (secondary N) is 2. The number of halogens is 2. The molecule has 0 aliphatic heterocycles. The number of benzene rings is 2. The predicted molar refractivity (Wildman–Crippen MR) is 98.7 cm³/mol. The van der Waals surface area contributed by atoms with Crippen molar-refractivity contribution in [2.45, 2.75) is 20.8 Å². The zero-order valence-electron chi connectivity index (χ0n) is 13.6. The molecular weight excluding hydrogens is 347 g/mol. The summed E-state index contributed by atoms with van der Waals surface area (Å²) in [6.07, 6.45) is 0. The third-order valence-corrected chi connectivity index (χ3v) is 4.29. The third kappa shape index (κ3) is 4.28. The summed E-state index contributed by atoms with van der Waals surface area (Å²) >= 11 is 12.0. The summed E-state index contributed by atoms with van der Waals surface area (Å²) in [5.74, 6) is -0.859. The monoisotopic (exact) mass is 364 g/mol. The average Bonchev–Trinajstić information content (AvgIpc) is 2.50. The topological polar surface area (TPSA) is 58.2 Å². The zero-order chi connectivity index (χ0) is 17.9. The molecule has 2 rings (SSSR count). The van der Waals surface area contributed by atoms with Crippen LogP contribution in [0.1, 0.15) is 19.4 Å². The van der Waals surface area contributed by atoms with Gasteiger partial charge >= 0.3 is 0 Å². The summed E-state index contributed by atoms with van der Waals surface area (Å²) in [7, 11) is 0. The van der Waals surface area contributed by atoms with Gasteiger partial charge in [0.15, 0.2) is 0 Å². The van der Waals surface area contributed by atoms with Crippen molar-refractivity contribution in [3.05, 3.63) is 58.1 Å². The molecule has 0 atom stereocenters. The van der Waals surface area contributed by atoms with Crippen LogP contribution in [-0.2, 0) is 9.59 Å². The molecule has 2 N–H and O–H groups in total. The van der Waals surface area contributed by atoms with Crippen molar-refractivity contribution in [3.63, 3.8) is 0 Å². The molecule has 4 nitrogen and oxygen atoms in total. The van der Waals surface area contributed by atoms with Gasteiger partial charge in [0.2, 0.25) is 11.8 Å². The van der Waals surface area contributed by atoms with E-state index < -0.39 is 17.2 Å². The van der Waals surface area contributed by atoms with E-state index in [1.807, 2.05) is 6.92 Å². The van der Waals surface area contributed by atoms with Crippen LogP contribution in [0.15, 0.2) is 42.5 Å². The van der Waals surface area contributed by atoms with Gasteiger partial charge in [0.1, 0.15) is 5.41 Å². The minimum Gasteiger partial charge on any atom is -0.325 e. The second kappa shape index (κ2) is 7.24. The van der Waals surface area contributed by atoms with Crippen LogP contribution >= 0.6 is 23.2 Å². The Kier molecular flexibility index (Phi) is 5.52. The van der Waals surface area contributed by atoms with Gasteiger partial charge in [-0.15, -0.1) is 0 Å². The molecule has 2 amide bonds. The number of carbonyl (C=O) groups excluding carboxylic acids is 2. The van der Waals surface area contributed by atoms with E-state index in [-0.39, 0.29) is 0 Å². The van der Waals surface area contributed by atoms with E-state index in [4.69, 9.17) is 23.2 Å². The first-order valence-electron chi connectivity index (χ1n) is 7.35. The van der Waals surface area contributed by atoms with Crippen LogP contribution in [0.2, 0.25) is 10.0 Å². The fourth-order valence-electron chi connectivity index (χ4n) is 1.91. The molecule has 2 aromatic rings. The van der Waals surface area contributed by atoms with Crippen LogP contribution in [0, 0.1) is 12.3 Å². The smallest absolute Gasteiger partial charge is 0.239 e. The number of carbonyl (C=O) groups is 2. The Hall–Kier alpha value is -2.04. The van der Waals surface area contributed by atoms with Gasteiger partial charge < -0.3 is 10.6 Å². The number of amides is 2. The van der Waals surface area contributed by atoms with Gasteiger partial charge in [-0.2, -0.15) is 0 Å². The summed E-state index contributed by atoms with van der Waals surface area (Å²) in [5, 5.41) is 6.47. The molecule has 0 saturated carbocycles. The normalized spacial score (nSPS) is 11.0. The molecule has 0 aliphatic carbocycles. The van der Waals surface area contributed by atoms with Crippen LogP contribution in [0.4, 0.5) is 11.4 Å². The number of hydrogen-bond donors (Lipinski definition) is 2. The summed E-state index contributed by atoms with van der Waals surface area (Å²) in [4.78, 5) is 24.9. The highest BCUT2D eigenvalue weighted by molar-refractivity contribution is 6.31. The van der Waals surface area contributed by atoms with Crippen molar-refractivity contribution < 1.29 is 9.59 Å². The van der Waals surface area contributed by atoms with Crippen LogP contribution < -0.4 is 10.6 Å². The molecule has 0 unspecified atom stereocenters. The Balaban J connectivity index is 2.11. The van der Waals surface area contributed by atoms with Gasteiger partial charge in [0.25, 0.3) is 0 Å². The van der Waals surface area contributed by atoms with Crippen LogP contribution in [0.3, 0.4) is 0 Å². The molecule has 24 heavy (non-hydrogen) atoms. The highest BCUT2D eigenvalue weighted by atomic mass is 35.5. The quantitative estimate of drug-likeness (QED) is 0.757. The molecule has 0 saturated heterocycles. The molecule has 0 bridgehead atoms. The second-order valence-electron chi connectivity index (χ2n) is 6.01. The van der Waals surface area contributed by atoms with Gasteiger partial charge in [-0.25, -0.2) is 0 Å². The van der Waals surface area contributed by atoms with E-state index in [1.165, 1.54) is 0 Å². The molecule has 0 aliphatic rings. The lowest BCUT2D eigenvalue weighted by atomic mass is 9.90. The minimum atomic E-state index is -1.28. The Morgan fingerprint density at radius 2 is 1.50 bits per heavy atom. The van der Waals surface area contributed by atoms with Crippen LogP contribution in [-0.4, -0.2) is 11.8 Å². The van der Waals surface area contributed by atoms with E-state index in [2.05, 4.69) is 10.6 Å². The first kappa shape index (κ1) is 18.3. The molecule has 0 heterocycles. The Labute approximate surface area is 151 Å². The van der Waals surface area contributed by atoms with Gasteiger partial charge in [-0.1, -0.05) is 35.3 Å². The third-order valence-electron chi connectivity index (χ3n) is 3.65. The van der Waals surface area contributed by atoms with Crippen molar-refractivity contribution in [1.82, 2.24) is 0 Å². The summed E-state index contributed by atoms with van der Waals surface area (Å²) in [5.41, 5.74) is 0.707. The maximum absolute atomic E-state index is 12.5. The van der Waals surface area contributed by atoms with E-state index in [1.54, 1.807) is 56.3 Å². The van der Waals surface area contributed by atoms with Gasteiger partial charge in [0, 0.05) is 21.4 Å². The first-order valence-corrected chi connectivity index (χ1v) is 8.10. The van der Waals surface area contributed by atoms with Crippen molar-refractivity contribution in [1.29, 1.82) is 0 Å². The zero-order valence-corrected chi connectivity index (χ0v) is 15.1. The number of aryl methyl sites for hydroxylation is 1. The SMILES string of the molecule is Cc1ccc(NC(=O)C(C)(C)C(=O)Nc2cccc(Cl)c2)cc1Cl. The van der Waals surface area contributed by atoms with Crippen molar-refractivity contribution in [3.8, 4) is 0 Å². The molecule has 0 spiro atoms.